The van der Waals surface area contributed by atoms with Crippen molar-refractivity contribution >= 4 is 27.4 Å². The second-order valence-electron chi connectivity index (χ2n) is 4.12. The summed E-state index contributed by atoms with van der Waals surface area (Å²) in [6, 6.07) is 2.31. The molecule has 0 fully saturated rings. The molecule has 0 heterocycles. The summed E-state index contributed by atoms with van der Waals surface area (Å²) in [6.07, 6.45) is -0.544. The molecule has 0 aliphatic rings. The highest BCUT2D eigenvalue weighted by Crippen LogP contribution is 2.32. The largest absolute Gasteiger partial charge is 0.494 e. The zero-order valence-corrected chi connectivity index (χ0v) is 12.8. The first kappa shape index (κ1) is 16.7. The first-order chi connectivity index (χ1) is 9.22. The number of ether oxygens (including phenoxy) is 2. The Balaban J connectivity index is 3.48. The Bertz CT molecular complexity index is 611. The summed E-state index contributed by atoms with van der Waals surface area (Å²) in [6.45, 7) is 1.59. The van der Waals surface area contributed by atoms with Gasteiger partial charge in [0, 0.05) is 12.1 Å². The van der Waals surface area contributed by atoms with Gasteiger partial charge in [0.1, 0.15) is 10.5 Å². The average Bonchev–Trinajstić information content (AvgIpc) is 2.36. The molecule has 1 aromatic rings. The third-order valence-electron chi connectivity index (χ3n) is 2.65. The molecule has 1 N–H and O–H groups in total. The van der Waals surface area contributed by atoms with Gasteiger partial charge in [-0.15, -0.1) is 0 Å². The Labute approximate surface area is 122 Å². The van der Waals surface area contributed by atoms with E-state index >= 15 is 0 Å². The normalized spacial score (nSPS) is 13.0. The Morgan fingerprint density at radius 3 is 2.45 bits per heavy atom. The smallest absolute Gasteiger partial charge is 0.339 e. The van der Waals surface area contributed by atoms with E-state index in [4.69, 9.17) is 26.2 Å². The monoisotopic (exact) mass is 322 g/mol. The van der Waals surface area contributed by atoms with Crippen molar-refractivity contribution in [1.29, 1.82) is 0 Å². The van der Waals surface area contributed by atoms with E-state index in [-0.39, 0.29) is 27.0 Å². The minimum Gasteiger partial charge on any atom is -0.494 e. The Morgan fingerprint density at radius 2 is 2.00 bits per heavy atom. The van der Waals surface area contributed by atoms with Crippen molar-refractivity contribution in [1.82, 2.24) is 0 Å². The lowest BCUT2D eigenvalue weighted by Gasteiger charge is -2.15. The maximum absolute atomic E-state index is 12.3. The van der Waals surface area contributed by atoms with Crippen LogP contribution < -0.4 is 4.74 Å². The summed E-state index contributed by atoms with van der Waals surface area (Å²) >= 11 is 5.78. The van der Waals surface area contributed by atoms with Gasteiger partial charge >= 0.3 is 5.97 Å². The van der Waals surface area contributed by atoms with Crippen molar-refractivity contribution in [2.75, 3.05) is 20.0 Å². The molecule has 0 aromatic heterocycles. The van der Waals surface area contributed by atoms with E-state index in [9.17, 15) is 13.2 Å². The number of carboxylic acid groups (broad SMARTS) is 1. The van der Waals surface area contributed by atoms with E-state index in [1.54, 1.807) is 6.92 Å². The molecule has 1 rings (SSSR count). The van der Waals surface area contributed by atoms with Crippen LogP contribution in [0.25, 0.3) is 0 Å². The van der Waals surface area contributed by atoms with Crippen LogP contribution >= 0.6 is 11.6 Å². The predicted molar refractivity (Wildman–Crippen MR) is 73.5 cm³/mol. The molecule has 8 heteroatoms. The lowest BCUT2D eigenvalue weighted by Crippen LogP contribution is -2.21. The maximum atomic E-state index is 12.3. The Morgan fingerprint density at radius 1 is 1.40 bits per heavy atom. The van der Waals surface area contributed by atoms with Gasteiger partial charge in [-0.2, -0.15) is 0 Å². The zero-order valence-electron chi connectivity index (χ0n) is 11.2. The number of carbonyl (C=O) groups is 1. The van der Waals surface area contributed by atoms with Crippen LogP contribution in [0.4, 0.5) is 0 Å². The van der Waals surface area contributed by atoms with Crippen LogP contribution in [0, 0.1) is 0 Å². The van der Waals surface area contributed by atoms with E-state index in [0.717, 1.165) is 6.07 Å². The van der Waals surface area contributed by atoms with Crippen LogP contribution in [0.3, 0.4) is 0 Å². The molecule has 0 aliphatic carbocycles. The molecule has 0 aliphatic heterocycles. The minimum absolute atomic E-state index is 0.00634. The molecule has 6 nitrogen and oxygen atoms in total. The molecule has 1 atom stereocenters. The number of benzene rings is 1. The van der Waals surface area contributed by atoms with Gasteiger partial charge in [-0.05, 0) is 19.1 Å². The third kappa shape index (κ3) is 3.62. The fourth-order valence-electron chi connectivity index (χ4n) is 1.64. The van der Waals surface area contributed by atoms with Gasteiger partial charge in [0.25, 0.3) is 0 Å². The van der Waals surface area contributed by atoms with Crippen LogP contribution in [0.5, 0.6) is 5.75 Å². The van der Waals surface area contributed by atoms with Crippen LogP contribution in [0.15, 0.2) is 17.0 Å². The van der Waals surface area contributed by atoms with Gasteiger partial charge in [0.15, 0.2) is 15.6 Å². The molecule has 0 saturated carbocycles. The highest BCUT2D eigenvalue weighted by molar-refractivity contribution is 7.91. The summed E-state index contributed by atoms with van der Waals surface area (Å²) < 4.78 is 34.4. The molecule has 20 heavy (non-hydrogen) atoms. The molecular weight excluding hydrogens is 308 g/mol. The summed E-state index contributed by atoms with van der Waals surface area (Å²) in [5.74, 6) is -1.86. The number of aromatic carboxylic acids is 1. The standard InChI is InChI=1S/C12H15ClO6S/c1-7(18-2)6-20(16,17)10-5-8(13)4-9(12(14)15)11(10)19-3/h4-5,7H,6H2,1-3H3,(H,14,15). The molecular formula is C12H15ClO6S. The number of hydrogen-bond acceptors (Lipinski definition) is 5. The summed E-state index contributed by atoms with van der Waals surface area (Å²) in [7, 11) is -1.20. The van der Waals surface area contributed by atoms with E-state index in [2.05, 4.69) is 0 Å². The number of hydrogen-bond donors (Lipinski definition) is 1. The van der Waals surface area contributed by atoms with E-state index < -0.39 is 21.9 Å². The van der Waals surface area contributed by atoms with Gasteiger partial charge < -0.3 is 14.6 Å². The van der Waals surface area contributed by atoms with Crippen molar-refractivity contribution in [3.05, 3.63) is 22.7 Å². The molecule has 0 bridgehead atoms. The topological polar surface area (TPSA) is 89.9 Å². The lowest BCUT2D eigenvalue weighted by molar-refractivity contribution is 0.0693. The SMILES string of the molecule is COc1c(C(=O)O)cc(Cl)cc1S(=O)(=O)CC(C)OC. The number of carboxylic acids is 1. The third-order valence-corrected chi connectivity index (χ3v) is 4.75. The second-order valence-corrected chi connectivity index (χ2v) is 6.56. The summed E-state index contributed by atoms with van der Waals surface area (Å²) in [5, 5.41) is 9.09. The number of halogens is 1. The van der Waals surface area contributed by atoms with E-state index in [1.807, 2.05) is 0 Å². The second kappa shape index (κ2) is 6.43. The average molecular weight is 323 g/mol. The first-order valence-electron chi connectivity index (χ1n) is 5.59. The number of rotatable bonds is 6. The van der Waals surface area contributed by atoms with E-state index in [0.29, 0.717) is 0 Å². The van der Waals surface area contributed by atoms with Gasteiger partial charge in [-0.1, -0.05) is 11.6 Å². The van der Waals surface area contributed by atoms with Crippen molar-refractivity contribution in [3.8, 4) is 5.75 Å². The van der Waals surface area contributed by atoms with Gasteiger partial charge in [0.05, 0.1) is 19.0 Å². The maximum Gasteiger partial charge on any atom is 0.339 e. The molecule has 1 unspecified atom stereocenters. The molecule has 0 spiro atoms. The molecule has 0 amide bonds. The van der Waals surface area contributed by atoms with Crippen LogP contribution in [0.2, 0.25) is 5.02 Å². The van der Waals surface area contributed by atoms with Gasteiger partial charge in [-0.3, -0.25) is 0 Å². The highest BCUT2D eigenvalue weighted by Gasteiger charge is 2.27. The van der Waals surface area contributed by atoms with Crippen molar-refractivity contribution in [2.24, 2.45) is 0 Å². The van der Waals surface area contributed by atoms with Crippen LogP contribution in [-0.2, 0) is 14.6 Å². The molecule has 0 saturated heterocycles. The molecule has 1 aromatic carbocycles. The fraction of sp³-hybridized carbons (Fsp3) is 0.417. The number of sulfone groups is 1. The first-order valence-corrected chi connectivity index (χ1v) is 7.62. The Kier molecular flexibility index (Phi) is 5.38. The zero-order chi connectivity index (χ0) is 15.5. The molecule has 0 radical (unpaired) electrons. The van der Waals surface area contributed by atoms with Crippen molar-refractivity contribution in [2.45, 2.75) is 17.9 Å². The Hall–Kier alpha value is -1.31. The van der Waals surface area contributed by atoms with Gasteiger partial charge in [-0.25, -0.2) is 13.2 Å². The van der Waals surface area contributed by atoms with Crippen molar-refractivity contribution < 1.29 is 27.8 Å². The highest BCUT2D eigenvalue weighted by atomic mass is 35.5. The molecule has 112 valence electrons. The summed E-state index contributed by atoms with van der Waals surface area (Å²) in [4.78, 5) is 10.9. The van der Waals surface area contributed by atoms with Gasteiger partial charge in [0.2, 0.25) is 0 Å². The quantitative estimate of drug-likeness (QED) is 0.859. The summed E-state index contributed by atoms with van der Waals surface area (Å²) in [5.41, 5.74) is -0.302. The minimum atomic E-state index is -3.79. The number of methoxy groups -OCH3 is 2. The van der Waals surface area contributed by atoms with Crippen molar-refractivity contribution in [3.63, 3.8) is 0 Å². The lowest BCUT2D eigenvalue weighted by atomic mass is 10.2. The predicted octanol–water partition coefficient (Wildman–Crippen LogP) is 1.86. The van der Waals surface area contributed by atoms with E-state index in [1.165, 1.54) is 20.3 Å². The van der Waals surface area contributed by atoms with Crippen LogP contribution in [0.1, 0.15) is 17.3 Å². The fourth-order valence-corrected chi connectivity index (χ4v) is 3.63. The van der Waals surface area contributed by atoms with Crippen LogP contribution in [-0.4, -0.2) is 45.6 Å².